The molecule has 0 spiro atoms. The minimum Gasteiger partial charge on any atom is -0.455 e. The van der Waals surface area contributed by atoms with E-state index in [4.69, 9.17) is 19.4 Å². The molecule has 0 saturated heterocycles. The summed E-state index contributed by atoms with van der Waals surface area (Å²) in [6.07, 6.45) is 0. The SMILES string of the molecule is c1ccc(-c2nc(-c3ccccc3)nc(-c3cc4ccc5ccccc5c4c4oc5ccc6ccccc6c5c34)n2)cc1. The average molecular weight is 550 g/mol. The number of rotatable bonds is 3. The maximum atomic E-state index is 6.80. The molecule has 200 valence electrons. The Morgan fingerprint density at radius 3 is 1.56 bits per heavy atom. The average Bonchev–Trinajstić information content (AvgIpc) is 3.48. The van der Waals surface area contributed by atoms with Crippen LogP contribution >= 0.6 is 0 Å². The molecular weight excluding hydrogens is 526 g/mol. The molecule has 0 atom stereocenters. The fraction of sp³-hybridized carbons (Fsp3) is 0. The smallest absolute Gasteiger partial charge is 0.164 e. The van der Waals surface area contributed by atoms with Crippen LogP contribution in [0.4, 0.5) is 0 Å². The number of aromatic nitrogens is 3. The van der Waals surface area contributed by atoms with Crippen molar-refractivity contribution in [3.8, 4) is 34.2 Å². The van der Waals surface area contributed by atoms with E-state index in [0.29, 0.717) is 17.5 Å². The molecule has 0 fully saturated rings. The van der Waals surface area contributed by atoms with Gasteiger partial charge in [0.2, 0.25) is 0 Å². The van der Waals surface area contributed by atoms with E-state index in [1.54, 1.807) is 0 Å². The van der Waals surface area contributed by atoms with Crippen molar-refractivity contribution in [2.45, 2.75) is 0 Å². The van der Waals surface area contributed by atoms with Gasteiger partial charge in [0.15, 0.2) is 17.5 Å². The number of hydrogen-bond acceptors (Lipinski definition) is 4. The summed E-state index contributed by atoms with van der Waals surface area (Å²) >= 11 is 0. The molecule has 0 saturated carbocycles. The Morgan fingerprint density at radius 1 is 0.395 bits per heavy atom. The molecular formula is C39H23N3O. The second kappa shape index (κ2) is 9.33. The highest BCUT2D eigenvalue weighted by molar-refractivity contribution is 6.30. The molecule has 0 N–H and O–H groups in total. The number of fused-ring (bicyclic) bond motifs is 9. The van der Waals surface area contributed by atoms with Crippen LogP contribution in [0.3, 0.4) is 0 Å². The van der Waals surface area contributed by atoms with Gasteiger partial charge in [0.25, 0.3) is 0 Å². The Hall–Kier alpha value is -5.87. The number of furan rings is 1. The Balaban J connectivity index is 1.47. The van der Waals surface area contributed by atoms with E-state index in [0.717, 1.165) is 65.6 Å². The van der Waals surface area contributed by atoms with Gasteiger partial charge in [-0.3, -0.25) is 0 Å². The van der Waals surface area contributed by atoms with Gasteiger partial charge in [-0.2, -0.15) is 0 Å². The highest BCUT2D eigenvalue weighted by Crippen LogP contribution is 2.45. The van der Waals surface area contributed by atoms with Crippen molar-refractivity contribution >= 4 is 54.3 Å². The van der Waals surface area contributed by atoms with Crippen molar-refractivity contribution in [2.75, 3.05) is 0 Å². The summed E-state index contributed by atoms with van der Waals surface area (Å²) in [6, 6.07) is 47.9. The molecule has 4 heteroatoms. The molecule has 0 radical (unpaired) electrons. The fourth-order valence-electron chi connectivity index (χ4n) is 6.30. The molecule has 9 rings (SSSR count). The van der Waals surface area contributed by atoms with Crippen LogP contribution in [0.5, 0.6) is 0 Å². The molecule has 2 heterocycles. The van der Waals surface area contributed by atoms with E-state index in [1.165, 1.54) is 5.39 Å². The Labute approximate surface area is 246 Å². The monoisotopic (exact) mass is 549 g/mol. The van der Waals surface area contributed by atoms with Crippen molar-refractivity contribution in [2.24, 2.45) is 0 Å². The van der Waals surface area contributed by atoms with Gasteiger partial charge in [-0.25, -0.2) is 15.0 Å². The first-order valence-electron chi connectivity index (χ1n) is 14.4. The maximum absolute atomic E-state index is 6.80. The molecule has 0 aliphatic heterocycles. The molecule has 0 unspecified atom stereocenters. The van der Waals surface area contributed by atoms with Gasteiger partial charge in [0.05, 0.1) is 0 Å². The highest BCUT2D eigenvalue weighted by atomic mass is 16.3. The third-order valence-corrected chi connectivity index (χ3v) is 8.28. The van der Waals surface area contributed by atoms with Crippen molar-refractivity contribution in [3.05, 3.63) is 140 Å². The second-order valence-corrected chi connectivity index (χ2v) is 10.8. The fourth-order valence-corrected chi connectivity index (χ4v) is 6.30. The lowest BCUT2D eigenvalue weighted by Crippen LogP contribution is -2.00. The lowest BCUT2D eigenvalue weighted by Gasteiger charge is -2.12. The molecule has 43 heavy (non-hydrogen) atoms. The van der Waals surface area contributed by atoms with Gasteiger partial charge in [0.1, 0.15) is 11.2 Å². The van der Waals surface area contributed by atoms with Gasteiger partial charge in [0, 0.05) is 32.8 Å². The quantitative estimate of drug-likeness (QED) is 0.206. The van der Waals surface area contributed by atoms with Crippen LogP contribution in [0, 0.1) is 0 Å². The van der Waals surface area contributed by atoms with E-state index >= 15 is 0 Å². The summed E-state index contributed by atoms with van der Waals surface area (Å²) in [5.74, 6) is 1.88. The first-order valence-corrected chi connectivity index (χ1v) is 14.4. The van der Waals surface area contributed by atoms with Crippen LogP contribution in [-0.4, -0.2) is 15.0 Å². The van der Waals surface area contributed by atoms with Gasteiger partial charge in [-0.15, -0.1) is 0 Å². The summed E-state index contributed by atoms with van der Waals surface area (Å²) < 4.78 is 6.80. The first-order chi connectivity index (χ1) is 21.3. The van der Waals surface area contributed by atoms with Crippen molar-refractivity contribution in [1.29, 1.82) is 0 Å². The molecule has 0 aliphatic rings. The van der Waals surface area contributed by atoms with Crippen molar-refractivity contribution in [3.63, 3.8) is 0 Å². The molecule has 0 aliphatic carbocycles. The Morgan fingerprint density at radius 2 is 0.907 bits per heavy atom. The predicted octanol–water partition coefficient (Wildman–Crippen LogP) is 10.2. The van der Waals surface area contributed by atoms with Crippen LogP contribution in [-0.2, 0) is 0 Å². The van der Waals surface area contributed by atoms with Gasteiger partial charge < -0.3 is 4.42 Å². The molecule has 0 amide bonds. The van der Waals surface area contributed by atoms with Crippen LogP contribution in [0.1, 0.15) is 0 Å². The van der Waals surface area contributed by atoms with Crippen LogP contribution < -0.4 is 0 Å². The normalized spacial score (nSPS) is 11.7. The van der Waals surface area contributed by atoms with E-state index in [1.807, 2.05) is 60.7 Å². The molecule has 9 aromatic rings. The van der Waals surface area contributed by atoms with E-state index in [2.05, 4.69) is 78.9 Å². The summed E-state index contributed by atoms with van der Waals surface area (Å²) in [7, 11) is 0. The number of benzene rings is 7. The second-order valence-electron chi connectivity index (χ2n) is 10.8. The molecule has 0 bridgehead atoms. The zero-order valence-corrected chi connectivity index (χ0v) is 23.0. The Kier molecular flexibility index (Phi) is 5.16. The van der Waals surface area contributed by atoms with Gasteiger partial charge in [-0.05, 0) is 39.1 Å². The lowest BCUT2D eigenvalue weighted by molar-refractivity contribution is 0.673. The standard InChI is InChI=1S/C39H23N3O/c1-3-13-26(14-4-1)37-40-38(27-15-5-2-6-16-27)42-39(41-37)31-23-28-20-19-24-11-7-9-17-29(24)33(28)36-35(31)34-30-18-10-8-12-25(30)21-22-32(34)43-36/h1-23H. The van der Waals surface area contributed by atoms with Crippen molar-refractivity contribution < 1.29 is 4.42 Å². The van der Waals surface area contributed by atoms with Crippen LogP contribution in [0.15, 0.2) is 144 Å². The molecule has 4 nitrogen and oxygen atoms in total. The Bertz CT molecular complexity index is 2440. The van der Waals surface area contributed by atoms with Crippen LogP contribution in [0.2, 0.25) is 0 Å². The largest absolute Gasteiger partial charge is 0.455 e. The van der Waals surface area contributed by atoms with Crippen LogP contribution in [0.25, 0.3) is 88.4 Å². The van der Waals surface area contributed by atoms with E-state index in [9.17, 15) is 0 Å². The number of hydrogen-bond donors (Lipinski definition) is 0. The van der Waals surface area contributed by atoms with Gasteiger partial charge in [-0.1, -0.05) is 127 Å². The molecule has 7 aromatic carbocycles. The highest BCUT2D eigenvalue weighted by Gasteiger charge is 2.22. The van der Waals surface area contributed by atoms with Crippen molar-refractivity contribution in [1.82, 2.24) is 15.0 Å². The van der Waals surface area contributed by atoms with E-state index in [-0.39, 0.29) is 0 Å². The van der Waals surface area contributed by atoms with E-state index < -0.39 is 0 Å². The predicted molar refractivity (Wildman–Crippen MR) is 176 cm³/mol. The molecule has 2 aromatic heterocycles. The third kappa shape index (κ3) is 3.74. The summed E-state index contributed by atoms with van der Waals surface area (Å²) in [5.41, 5.74) is 4.49. The zero-order valence-electron chi connectivity index (χ0n) is 23.0. The van der Waals surface area contributed by atoms with Gasteiger partial charge >= 0.3 is 0 Å². The third-order valence-electron chi connectivity index (χ3n) is 8.28. The maximum Gasteiger partial charge on any atom is 0.164 e. The summed E-state index contributed by atoms with van der Waals surface area (Å²) in [6.45, 7) is 0. The summed E-state index contributed by atoms with van der Waals surface area (Å²) in [4.78, 5) is 15.2. The minimum atomic E-state index is 0.614. The topological polar surface area (TPSA) is 51.8 Å². The zero-order chi connectivity index (χ0) is 28.3. The summed E-state index contributed by atoms with van der Waals surface area (Å²) in [5, 5.41) is 8.89. The minimum absolute atomic E-state index is 0.614. The number of nitrogens with zero attached hydrogens (tertiary/aromatic N) is 3. The lowest BCUT2D eigenvalue weighted by atomic mass is 9.94. The first kappa shape index (κ1) is 23.8.